The van der Waals surface area contributed by atoms with E-state index in [-0.39, 0.29) is 11.8 Å². The van der Waals surface area contributed by atoms with E-state index in [4.69, 9.17) is 0 Å². The van der Waals surface area contributed by atoms with Crippen LogP contribution in [0.1, 0.15) is 46.0 Å². The van der Waals surface area contributed by atoms with E-state index in [1.165, 1.54) is 9.80 Å². The van der Waals surface area contributed by atoms with Crippen LogP contribution in [0.3, 0.4) is 0 Å². The van der Waals surface area contributed by atoms with Gasteiger partial charge in [0.1, 0.15) is 24.2 Å². The molecule has 0 aromatic carbocycles. The molecule has 0 spiro atoms. The molecule has 0 aliphatic carbocycles. The van der Waals surface area contributed by atoms with Gasteiger partial charge >= 0.3 is 5.97 Å². The Hall–Kier alpha value is -2.65. The van der Waals surface area contributed by atoms with Crippen LogP contribution in [0, 0.1) is 5.92 Å². The number of carboxylic acids is 1. The van der Waals surface area contributed by atoms with Crippen molar-refractivity contribution in [2.75, 3.05) is 13.1 Å². The second-order valence-corrected chi connectivity index (χ2v) is 8.27. The van der Waals surface area contributed by atoms with E-state index < -0.39 is 54.3 Å². The number of aliphatic carboxylic acids is 1. The van der Waals surface area contributed by atoms with Gasteiger partial charge < -0.3 is 25.5 Å². The largest absolute Gasteiger partial charge is 0.480 e. The number of rotatable bonds is 2. The summed E-state index contributed by atoms with van der Waals surface area (Å²) in [6, 6.07) is -3.77. The van der Waals surface area contributed by atoms with E-state index in [1.807, 2.05) is 0 Å². The number of carbonyl (C=O) groups excluding carboxylic acids is 4. The Bertz CT molecular complexity index is 713. The maximum atomic E-state index is 13.1. The van der Waals surface area contributed by atoms with Crippen LogP contribution >= 0.6 is 0 Å². The second kappa shape index (κ2) is 8.38. The Morgan fingerprint density at radius 2 is 1.59 bits per heavy atom. The topological polar surface area (TPSA) is 136 Å². The van der Waals surface area contributed by atoms with Gasteiger partial charge in [0, 0.05) is 13.1 Å². The van der Waals surface area contributed by atoms with Crippen molar-refractivity contribution in [1.29, 1.82) is 0 Å². The summed E-state index contributed by atoms with van der Waals surface area (Å²) in [6.45, 7) is 4.25. The van der Waals surface area contributed by atoms with Gasteiger partial charge in [0.2, 0.25) is 23.6 Å². The Morgan fingerprint density at radius 1 is 0.966 bits per heavy atom. The highest BCUT2D eigenvalue weighted by Gasteiger charge is 2.44. The molecule has 3 rings (SSSR count). The zero-order chi connectivity index (χ0) is 21.3. The van der Waals surface area contributed by atoms with Crippen molar-refractivity contribution in [2.45, 2.75) is 70.1 Å². The Morgan fingerprint density at radius 3 is 2.21 bits per heavy atom. The summed E-state index contributed by atoms with van der Waals surface area (Å²) in [5.74, 6) is -3.47. The molecule has 10 nitrogen and oxygen atoms in total. The van der Waals surface area contributed by atoms with Gasteiger partial charge in [-0.25, -0.2) is 4.79 Å². The number of nitrogens with zero attached hydrogens (tertiary/aromatic N) is 2. The van der Waals surface area contributed by atoms with Crippen molar-refractivity contribution in [3.63, 3.8) is 0 Å². The van der Waals surface area contributed by atoms with Gasteiger partial charge in [-0.3, -0.25) is 19.2 Å². The fraction of sp³-hybridized carbons (Fsp3) is 0.737. The molecule has 4 amide bonds. The fourth-order valence-electron chi connectivity index (χ4n) is 4.35. The molecule has 160 valence electrons. The van der Waals surface area contributed by atoms with E-state index in [9.17, 15) is 29.1 Å². The van der Waals surface area contributed by atoms with Gasteiger partial charge in [-0.15, -0.1) is 0 Å². The molecule has 3 N–H and O–H groups in total. The number of amides is 4. The smallest absolute Gasteiger partial charge is 0.326 e. The zero-order valence-electron chi connectivity index (χ0n) is 16.7. The summed E-state index contributed by atoms with van der Waals surface area (Å²) in [5, 5.41) is 14.6. The predicted molar refractivity (Wildman–Crippen MR) is 100 cm³/mol. The van der Waals surface area contributed by atoms with Crippen LogP contribution in [0.15, 0.2) is 0 Å². The average molecular weight is 408 g/mol. The maximum absolute atomic E-state index is 13.1. The van der Waals surface area contributed by atoms with Crippen LogP contribution in [0.4, 0.5) is 0 Å². The highest BCUT2D eigenvalue weighted by Crippen LogP contribution is 2.26. The molecule has 3 heterocycles. The highest BCUT2D eigenvalue weighted by molar-refractivity contribution is 5.97. The monoisotopic (exact) mass is 408 g/mol. The SMILES string of the molecule is CC(C)[C@@H]1NC(=O)[C@H]2CCCN2C(=O)[C@@H]2CCCN2C(=O)C[C@@H](C(=O)O)NC1=O. The van der Waals surface area contributed by atoms with Crippen molar-refractivity contribution in [3.8, 4) is 0 Å². The van der Waals surface area contributed by atoms with Gasteiger partial charge in [0.15, 0.2) is 0 Å². The molecule has 3 aliphatic heterocycles. The molecule has 3 fully saturated rings. The Labute approximate surface area is 169 Å². The number of hydrogen-bond donors (Lipinski definition) is 3. The Kier molecular flexibility index (Phi) is 6.09. The lowest BCUT2D eigenvalue weighted by Crippen LogP contribution is -2.57. The molecule has 3 saturated heterocycles. The molecule has 4 atom stereocenters. The number of nitrogens with one attached hydrogen (secondary N) is 2. The van der Waals surface area contributed by atoms with Crippen molar-refractivity contribution in [1.82, 2.24) is 20.4 Å². The summed E-state index contributed by atoms with van der Waals surface area (Å²) in [5.41, 5.74) is 0. The van der Waals surface area contributed by atoms with Gasteiger partial charge in [0.25, 0.3) is 0 Å². The number of carbonyl (C=O) groups is 5. The van der Waals surface area contributed by atoms with E-state index in [0.717, 1.165) is 0 Å². The highest BCUT2D eigenvalue weighted by atomic mass is 16.4. The first-order valence-electron chi connectivity index (χ1n) is 10.1. The molecular weight excluding hydrogens is 380 g/mol. The molecule has 0 bridgehead atoms. The number of fused-ring (bicyclic) bond motifs is 2. The maximum Gasteiger partial charge on any atom is 0.326 e. The average Bonchev–Trinajstić information content (AvgIpc) is 3.32. The quantitative estimate of drug-likeness (QED) is 0.541. The van der Waals surface area contributed by atoms with Crippen LogP contribution in [0.25, 0.3) is 0 Å². The van der Waals surface area contributed by atoms with Crippen molar-refractivity contribution in [3.05, 3.63) is 0 Å². The standard InChI is InChI=1S/C19H28N4O6/c1-10(2)15-17(26)20-11(19(28)29)9-14(24)22-7-4-6-13(22)18(27)23-8-3-5-12(23)16(25)21-15/h10-13,15H,3-9H2,1-2H3,(H,20,26)(H,21,25)(H,28,29)/t11-,12+,13-,15-/m0/s1. The zero-order valence-corrected chi connectivity index (χ0v) is 16.7. The molecule has 0 unspecified atom stereocenters. The van der Waals surface area contributed by atoms with E-state index in [2.05, 4.69) is 10.6 Å². The fourth-order valence-corrected chi connectivity index (χ4v) is 4.35. The molecule has 0 aromatic heterocycles. The third-order valence-electron chi connectivity index (χ3n) is 5.94. The summed E-state index contributed by atoms with van der Waals surface area (Å²) < 4.78 is 0. The molecular formula is C19H28N4O6. The third-order valence-corrected chi connectivity index (χ3v) is 5.94. The first-order chi connectivity index (χ1) is 13.7. The second-order valence-electron chi connectivity index (χ2n) is 8.27. The van der Waals surface area contributed by atoms with Crippen LogP contribution in [-0.4, -0.2) is 81.8 Å². The first-order valence-corrected chi connectivity index (χ1v) is 10.1. The Balaban J connectivity index is 1.97. The third kappa shape index (κ3) is 4.20. The van der Waals surface area contributed by atoms with Crippen LogP contribution in [0.2, 0.25) is 0 Å². The van der Waals surface area contributed by atoms with Gasteiger partial charge in [-0.05, 0) is 31.6 Å². The molecule has 3 aliphatic rings. The summed E-state index contributed by atoms with van der Waals surface area (Å²) in [7, 11) is 0. The molecule has 0 saturated carbocycles. The predicted octanol–water partition coefficient (Wildman–Crippen LogP) is -0.918. The molecule has 0 aromatic rings. The van der Waals surface area contributed by atoms with Gasteiger partial charge in [-0.1, -0.05) is 13.8 Å². The van der Waals surface area contributed by atoms with Gasteiger partial charge in [-0.2, -0.15) is 0 Å². The van der Waals surface area contributed by atoms with E-state index in [0.29, 0.717) is 38.8 Å². The number of hydrogen-bond acceptors (Lipinski definition) is 5. The lowest BCUT2D eigenvalue weighted by atomic mass is 10.0. The van der Waals surface area contributed by atoms with Crippen LogP contribution < -0.4 is 10.6 Å². The first kappa shape index (κ1) is 21.1. The van der Waals surface area contributed by atoms with Crippen molar-refractivity contribution in [2.24, 2.45) is 5.92 Å². The molecule has 0 radical (unpaired) electrons. The summed E-state index contributed by atoms with van der Waals surface area (Å²) in [6.07, 6.45) is 1.83. The van der Waals surface area contributed by atoms with Gasteiger partial charge in [0.05, 0.1) is 6.42 Å². The summed E-state index contributed by atoms with van der Waals surface area (Å²) in [4.78, 5) is 66.1. The minimum Gasteiger partial charge on any atom is -0.480 e. The lowest BCUT2D eigenvalue weighted by molar-refractivity contribution is -0.148. The molecule has 10 heteroatoms. The lowest BCUT2D eigenvalue weighted by Gasteiger charge is -2.31. The van der Waals surface area contributed by atoms with Crippen molar-refractivity contribution >= 4 is 29.6 Å². The minimum atomic E-state index is -1.43. The normalized spacial score (nSPS) is 31.4. The minimum absolute atomic E-state index is 0.278. The van der Waals surface area contributed by atoms with E-state index in [1.54, 1.807) is 13.8 Å². The van der Waals surface area contributed by atoms with Crippen molar-refractivity contribution < 1.29 is 29.1 Å². The van der Waals surface area contributed by atoms with E-state index >= 15 is 0 Å². The van der Waals surface area contributed by atoms with Crippen LogP contribution in [-0.2, 0) is 24.0 Å². The molecule has 29 heavy (non-hydrogen) atoms. The van der Waals surface area contributed by atoms with Crippen LogP contribution in [0.5, 0.6) is 0 Å². The number of carboxylic acid groups (broad SMARTS) is 1. The summed E-state index contributed by atoms with van der Waals surface area (Å²) >= 11 is 0.